The van der Waals surface area contributed by atoms with Gasteiger partial charge >= 0.3 is 0 Å². The molecule has 2 N–H and O–H groups in total. The fourth-order valence-electron chi connectivity index (χ4n) is 3.42. The zero-order valence-electron chi connectivity index (χ0n) is 14.2. The minimum atomic E-state index is -0.153. The Balaban J connectivity index is 1.50. The summed E-state index contributed by atoms with van der Waals surface area (Å²) in [6.07, 6.45) is 3.46. The van der Waals surface area contributed by atoms with Gasteiger partial charge in [0, 0.05) is 31.2 Å². The zero-order valence-corrected chi connectivity index (χ0v) is 14.2. The van der Waals surface area contributed by atoms with Crippen molar-refractivity contribution in [1.29, 1.82) is 0 Å². The molecule has 4 heteroatoms. The zero-order chi connectivity index (χ0) is 17.1. The lowest BCUT2D eigenvalue weighted by Crippen LogP contribution is -2.36. The molecule has 0 unspecified atom stereocenters. The minimum absolute atomic E-state index is 0.153. The number of anilines is 2. The molecular formula is C21H23N3O. The maximum Gasteiger partial charge on any atom is 0.0702 e. The van der Waals surface area contributed by atoms with Crippen molar-refractivity contribution < 1.29 is 5.11 Å². The van der Waals surface area contributed by atoms with E-state index >= 15 is 0 Å². The second-order valence-electron chi connectivity index (χ2n) is 6.63. The molecule has 0 spiro atoms. The molecule has 1 saturated heterocycles. The van der Waals surface area contributed by atoms with Crippen LogP contribution in [0.15, 0.2) is 60.8 Å². The molecule has 1 aliphatic heterocycles. The first-order valence-electron chi connectivity index (χ1n) is 8.89. The number of nitrogens with zero attached hydrogens (tertiary/aromatic N) is 2. The molecule has 0 aliphatic carbocycles. The highest BCUT2D eigenvalue weighted by Gasteiger charge is 2.19. The Morgan fingerprint density at radius 3 is 2.68 bits per heavy atom. The number of hydrogen-bond acceptors (Lipinski definition) is 4. The van der Waals surface area contributed by atoms with Crippen LogP contribution < -0.4 is 10.2 Å². The molecule has 1 aromatic heterocycles. The van der Waals surface area contributed by atoms with Crippen LogP contribution in [0.2, 0.25) is 0 Å². The lowest BCUT2D eigenvalue weighted by Gasteiger charge is -2.33. The summed E-state index contributed by atoms with van der Waals surface area (Å²) in [5.41, 5.74) is 4.54. The molecule has 4 rings (SSSR count). The molecule has 0 bridgehead atoms. The molecule has 3 aromatic rings. The molecule has 0 atom stereocenters. The predicted molar refractivity (Wildman–Crippen MR) is 103 cm³/mol. The summed E-state index contributed by atoms with van der Waals surface area (Å²) in [6, 6.07) is 18.8. The Morgan fingerprint density at radius 1 is 1.04 bits per heavy atom. The quantitative estimate of drug-likeness (QED) is 0.762. The van der Waals surface area contributed by atoms with Gasteiger partial charge in [0.25, 0.3) is 0 Å². The Morgan fingerprint density at radius 2 is 1.80 bits per heavy atom. The van der Waals surface area contributed by atoms with Crippen molar-refractivity contribution >= 4 is 22.3 Å². The van der Waals surface area contributed by atoms with Crippen LogP contribution in [0.5, 0.6) is 0 Å². The van der Waals surface area contributed by atoms with Gasteiger partial charge in [-0.3, -0.25) is 4.98 Å². The fourth-order valence-corrected chi connectivity index (χ4v) is 3.42. The van der Waals surface area contributed by atoms with Gasteiger partial charge < -0.3 is 15.3 Å². The summed E-state index contributed by atoms with van der Waals surface area (Å²) in [6.45, 7) is 2.54. The van der Waals surface area contributed by atoms with Gasteiger partial charge in [0.2, 0.25) is 0 Å². The number of benzene rings is 2. The van der Waals surface area contributed by atoms with Crippen LogP contribution in [0, 0.1) is 0 Å². The van der Waals surface area contributed by atoms with Crippen LogP contribution in [0.25, 0.3) is 10.9 Å². The van der Waals surface area contributed by atoms with E-state index < -0.39 is 0 Å². The van der Waals surface area contributed by atoms with E-state index in [1.165, 1.54) is 16.6 Å². The highest BCUT2D eigenvalue weighted by atomic mass is 16.3. The van der Waals surface area contributed by atoms with Gasteiger partial charge in [0.1, 0.15) is 0 Å². The number of piperidine rings is 1. The second-order valence-corrected chi connectivity index (χ2v) is 6.63. The van der Waals surface area contributed by atoms with Gasteiger partial charge in [-0.1, -0.05) is 30.3 Å². The van der Waals surface area contributed by atoms with E-state index in [0.717, 1.165) is 43.7 Å². The maximum absolute atomic E-state index is 9.73. The summed E-state index contributed by atoms with van der Waals surface area (Å²) in [5, 5.41) is 14.5. The Labute approximate surface area is 148 Å². The first kappa shape index (κ1) is 15.9. The number of rotatable bonds is 4. The molecule has 25 heavy (non-hydrogen) atoms. The molecule has 1 aliphatic rings. The molecule has 0 radical (unpaired) electrons. The SMILES string of the molecule is OC1CCN(c2ccccc2NCc2cnc3ccccc3c2)CC1. The van der Waals surface area contributed by atoms with Gasteiger partial charge in [-0.2, -0.15) is 0 Å². The Hall–Kier alpha value is -2.59. The van der Waals surface area contributed by atoms with Gasteiger partial charge in [-0.15, -0.1) is 0 Å². The molecule has 4 nitrogen and oxygen atoms in total. The second kappa shape index (κ2) is 7.11. The highest BCUT2D eigenvalue weighted by molar-refractivity contribution is 5.79. The standard InChI is InChI=1S/C21H23N3O/c25-18-9-11-24(12-10-18)21-8-4-3-7-20(21)23-15-16-13-17-5-1-2-6-19(17)22-14-16/h1-8,13-14,18,23,25H,9-12,15H2. The van der Waals surface area contributed by atoms with Crippen LogP contribution in [-0.4, -0.2) is 29.3 Å². The topological polar surface area (TPSA) is 48.4 Å². The van der Waals surface area contributed by atoms with E-state index in [-0.39, 0.29) is 6.10 Å². The highest BCUT2D eigenvalue weighted by Crippen LogP contribution is 2.28. The summed E-state index contributed by atoms with van der Waals surface area (Å²) in [5.74, 6) is 0. The molecular weight excluding hydrogens is 310 g/mol. The van der Waals surface area contributed by atoms with E-state index in [1.54, 1.807) is 0 Å². The third-order valence-corrected chi connectivity index (χ3v) is 4.84. The number of aliphatic hydroxyl groups excluding tert-OH is 1. The minimum Gasteiger partial charge on any atom is -0.393 e. The fraction of sp³-hybridized carbons (Fsp3) is 0.286. The monoisotopic (exact) mass is 333 g/mol. The van der Waals surface area contributed by atoms with Crippen LogP contribution in [0.3, 0.4) is 0 Å². The third-order valence-electron chi connectivity index (χ3n) is 4.84. The van der Waals surface area contributed by atoms with E-state index in [0.29, 0.717) is 0 Å². The van der Waals surface area contributed by atoms with Gasteiger partial charge in [-0.25, -0.2) is 0 Å². The van der Waals surface area contributed by atoms with Crippen molar-refractivity contribution in [3.8, 4) is 0 Å². The summed E-state index contributed by atoms with van der Waals surface area (Å²) in [7, 11) is 0. The summed E-state index contributed by atoms with van der Waals surface area (Å²) in [4.78, 5) is 6.89. The van der Waals surface area contributed by atoms with E-state index in [9.17, 15) is 5.11 Å². The predicted octanol–water partition coefficient (Wildman–Crippen LogP) is 3.81. The van der Waals surface area contributed by atoms with E-state index in [4.69, 9.17) is 0 Å². The van der Waals surface area contributed by atoms with Gasteiger partial charge in [-0.05, 0) is 42.7 Å². The van der Waals surface area contributed by atoms with Gasteiger partial charge in [0.15, 0.2) is 0 Å². The number of hydrogen-bond donors (Lipinski definition) is 2. The first-order chi connectivity index (χ1) is 12.3. The Bertz CT molecular complexity index is 856. The van der Waals surface area contributed by atoms with Crippen molar-refractivity contribution in [3.05, 3.63) is 66.4 Å². The maximum atomic E-state index is 9.73. The summed E-state index contributed by atoms with van der Waals surface area (Å²) < 4.78 is 0. The normalized spacial score (nSPS) is 15.5. The van der Waals surface area contributed by atoms with Crippen LogP contribution >= 0.6 is 0 Å². The molecule has 0 amide bonds. The van der Waals surface area contributed by atoms with Crippen molar-refractivity contribution in [2.24, 2.45) is 0 Å². The molecule has 2 heterocycles. The average Bonchev–Trinajstić information content (AvgIpc) is 2.67. The van der Waals surface area contributed by atoms with Crippen molar-refractivity contribution in [2.75, 3.05) is 23.3 Å². The number of fused-ring (bicyclic) bond motifs is 1. The van der Waals surface area contributed by atoms with Crippen LogP contribution in [0.1, 0.15) is 18.4 Å². The van der Waals surface area contributed by atoms with Crippen LogP contribution in [0.4, 0.5) is 11.4 Å². The molecule has 1 fully saturated rings. The first-order valence-corrected chi connectivity index (χ1v) is 8.89. The van der Waals surface area contributed by atoms with Gasteiger partial charge in [0.05, 0.1) is 23.0 Å². The smallest absolute Gasteiger partial charge is 0.0702 e. The lowest BCUT2D eigenvalue weighted by molar-refractivity contribution is 0.145. The lowest BCUT2D eigenvalue weighted by atomic mass is 10.1. The van der Waals surface area contributed by atoms with Crippen molar-refractivity contribution in [2.45, 2.75) is 25.5 Å². The molecule has 128 valence electrons. The average molecular weight is 333 g/mol. The third kappa shape index (κ3) is 3.59. The number of aliphatic hydroxyl groups is 1. The van der Waals surface area contributed by atoms with Crippen molar-refractivity contribution in [1.82, 2.24) is 4.98 Å². The molecule has 0 saturated carbocycles. The number of aromatic nitrogens is 1. The Kier molecular flexibility index (Phi) is 4.53. The number of pyridine rings is 1. The number of nitrogens with one attached hydrogen (secondary N) is 1. The van der Waals surface area contributed by atoms with Crippen LogP contribution in [-0.2, 0) is 6.54 Å². The van der Waals surface area contributed by atoms with E-state index in [2.05, 4.69) is 51.6 Å². The number of para-hydroxylation sites is 3. The van der Waals surface area contributed by atoms with Crippen molar-refractivity contribution in [3.63, 3.8) is 0 Å². The van der Waals surface area contributed by atoms with E-state index in [1.807, 2.05) is 24.4 Å². The largest absolute Gasteiger partial charge is 0.393 e. The summed E-state index contributed by atoms with van der Waals surface area (Å²) >= 11 is 0. The molecule has 2 aromatic carbocycles.